The van der Waals surface area contributed by atoms with Crippen LogP contribution in [0.1, 0.15) is 22.5 Å². The highest BCUT2D eigenvalue weighted by Crippen LogP contribution is 2.24. The molecule has 0 N–H and O–H groups in total. The molecular formula is C20H22N6. The highest BCUT2D eigenvalue weighted by atomic mass is 15.4. The predicted octanol–water partition coefficient (Wildman–Crippen LogP) is 2.85. The van der Waals surface area contributed by atoms with Crippen molar-refractivity contribution >= 4 is 17.2 Å². The first-order valence-corrected chi connectivity index (χ1v) is 8.90. The van der Waals surface area contributed by atoms with Gasteiger partial charge in [-0.15, -0.1) is 0 Å². The SMILES string of the molecule is Cc1cc(N2CCN(c3cccc(C#N)c3)CC2)n2nc(C)c(C)c2n1. The number of aromatic nitrogens is 3. The number of piperazine rings is 1. The molecule has 2 aromatic heterocycles. The van der Waals surface area contributed by atoms with Crippen LogP contribution in [-0.4, -0.2) is 40.8 Å². The highest BCUT2D eigenvalue weighted by molar-refractivity contribution is 5.58. The van der Waals surface area contributed by atoms with Gasteiger partial charge in [0, 0.05) is 49.2 Å². The molecule has 0 spiro atoms. The van der Waals surface area contributed by atoms with E-state index < -0.39 is 0 Å². The molecular weight excluding hydrogens is 324 g/mol. The first-order valence-electron chi connectivity index (χ1n) is 8.90. The van der Waals surface area contributed by atoms with E-state index in [1.807, 2.05) is 36.6 Å². The van der Waals surface area contributed by atoms with E-state index in [9.17, 15) is 0 Å². The standard InChI is InChI=1S/C20H22N6/c1-14-11-19(26-20(22-14)15(2)16(3)23-26)25-9-7-24(8-10-25)18-6-4-5-17(12-18)13-21/h4-6,11-12H,7-10H2,1-3H3. The average molecular weight is 346 g/mol. The van der Waals surface area contributed by atoms with Crippen LogP contribution in [0.4, 0.5) is 11.5 Å². The lowest BCUT2D eigenvalue weighted by Crippen LogP contribution is -2.47. The second-order valence-electron chi connectivity index (χ2n) is 6.84. The maximum atomic E-state index is 9.11. The van der Waals surface area contributed by atoms with Gasteiger partial charge in [0.15, 0.2) is 5.65 Å². The Bertz CT molecular complexity index is 1010. The molecule has 0 saturated carbocycles. The highest BCUT2D eigenvalue weighted by Gasteiger charge is 2.21. The Hall–Kier alpha value is -3.07. The second kappa shape index (κ2) is 6.34. The van der Waals surface area contributed by atoms with Crippen molar-refractivity contribution in [3.63, 3.8) is 0 Å². The molecule has 0 radical (unpaired) electrons. The van der Waals surface area contributed by atoms with E-state index in [2.05, 4.69) is 39.9 Å². The van der Waals surface area contributed by atoms with Gasteiger partial charge >= 0.3 is 0 Å². The van der Waals surface area contributed by atoms with E-state index in [1.54, 1.807) is 0 Å². The monoisotopic (exact) mass is 346 g/mol. The summed E-state index contributed by atoms with van der Waals surface area (Å²) in [6, 6.07) is 12.2. The molecule has 132 valence electrons. The fraction of sp³-hybridized carbons (Fsp3) is 0.350. The molecule has 1 saturated heterocycles. The third-order valence-electron chi connectivity index (χ3n) is 5.11. The fourth-order valence-electron chi connectivity index (χ4n) is 3.52. The maximum Gasteiger partial charge on any atom is 0.160 e. The van der Waals surface area contributed by atoms with E-state index in [0.29, 0.717) is 5.56 Å². The first-order chi connectivity index (χ1) is 12.6. The molecule has 0 atom stereocenters. The molecule has 6 heteroatoms. The van der Waals surface area contributed by atoms with Gasteiger partial charge in [-0.05, 0) is 39.0 Å². The van der Waals surface area contributed by atoms with Crippen molar-refractivity contribution in [2.24, 2.45) is 0 Å². The third kappa shape index (κ3) is 2.76. The summed E-state index contributed by atoms with van der Waals surface area (Å²) in [5.41, 5.74) is 5.95. The van der Waals surface area contributed by atoms with Crippen LogP contribution >= 0.6 is 0 Å². The quantitative estimate of drug-likeness (QED) is 0.714. The Morgan fingerprint density at radius 3 is 2.46 bits per heavy atom. The molecule has 0 aliphatic carbocycles. The number of fused-ring (bicyclic) bond motifs is 1. The average Bonchev–Trinajstić information content (AvgIpc) is 2.96. The Morgan fingerprint density at radius 2 is 1.73 bits per heavy atom. The van der Waals surface area contributed by atoms with Crippen LogP contribution in [0.25, 0.3) is 5.65 Å². The van der Waals surface area contributed by atoms with E-state index in [4.69, 9.17) is 10.4 Å². The Balaban J connectivity index is 1.60. The summed E-state index contributed by atoms with van der Waals surface area (Å²) in [7, 11) is 0. The molecule has 0 unspecified atom stereocenters. The smallest absolute Gasteiger partial charge is 0.160 e. The van der Waals surface area contributed by atoms with Gasteiger partial charge in [0.1, 0.15) is 5.82 Å². The molecule has 4 rings (SSSR count). The van der Waals surface area contributed by atoms with Crippen LogP contribution in [0.15, 0.2) is 30.3 Å². The number of nitrogens with zero attached hydrogens (tertiary/aromatic N) is 6. The molecule has 1 aliphatic heterocycles. The lowest BCUT2D eigenvalue weighted by Gasteiger charge is -2.37. The first kappa shape index (κ1) is 16.4. The summed E-state index contributed by atoms with van der Waals surface area (Å²) < 4.78 is 1.98. The Labute approximate surface area is 153 Å². The summed E-state index contributed by atoms with van der Waals surface area (Å²) in [4.78, 5) is 9.37. The van der Waals surface area contributed by atoms with Gasteiger partial charge < -0.3 is 9.80 Å². The zero-order valence-electron chi connectivity index (χ0n) is 15.4. The lowest BCUT2D eigenvalue weighted by molar-refractivity contribution is 0.638. The predicted molar refractivity (Wildman–Crippen MR) is 103 cm³/mol. The molecule has 3 aromatic rings. The van der Waals surface area contributed by atoms with Crippen LogP contribution in [0.2, 0.25) is 0 Å². The van der Waals surface area contributed by atoms with Crippen molar-refractivity contribution in [1.82, 2.24) is 14.6 Å². The minimum Gasteiger partial charge on any atom is -0.368 e. The summed E-state index contributed by atoms with van der Waals surface area (Å²) >= 11 is 0. The number of hydrogen-bond donors (Lipinski definition) is 0. The summed E-state index contributed by atoms with van der Waals surface area (Å²) in [5.74, 6) is 1.11. The van der Waals surface area contributed by atoms with Crippen LogP contribution in [0, 0.1) is 32.1 Å². The molecule has 1 aromatic carbocycles. The maximum absolute atomic E-state index is 9.11. The van der Waals surface area contributed by atoms with Crippen molar-refractivity contribution in [2.45, 2.75) is 20.8 Å². The number of nitriles is 1. The van der Waals surface area contributed by atoms with Gasteiger partial charge in [-0.25, -0.2) is 4.98 Å². The summed E-state index contributed by atoms with van der Waals surface area (Å²) in [6.07, 6.45) is 0. The zero-order chi connectivity index (χ0) is 18.3. The van der Waals surface area contributed by atoms with Crippen LogP contribution in [0.5, 0.6) is 0 Å². The zero-order valence-corrected chi connectivity index (χ0v) is 15.4. The van der Waals surface area contributed by atoms with Gasteiger partial charge in [-0.2, -0.15) is 14.9 Å². The van der Waals surface area contributed by atoms with Crippen LogP contribution < -0.4 is 9.80 Å². The number of aryl methyl sites for hydroxylation is 3. The van der Waals surface area contributed by atoms with Gasteiger partial charge in [-0.3, -0.25) is 0 Å². The molecule has 1 fully saturated rings. The normalized spacial score (nSPS) is 14.7. The minimum absolute atomic E-state index is 0.707. The van der Waals surface area contributed by atoms with Gasteiger partial charge in [0.2, 0.25) is 0 Å². The number of benzene rings is 1. The molecule has 0 bridgehead atoms. The van der Waals surface area contributed by atoms with E-state index in [0.717, 1.165) is 60.3 Å². The number of hydrogen-bond acceptors (Lipinski definition) is 5. The topological polar surface area (TPSA) is 60.5 Å². The summed E-state index contributed by atoms with van der Waals surface area (Å²) in [6.45, 7) is 9.79. The number of rotatable bonds is 2. The molecule has 26 heavy (non-hydrogen) atoms. The van der Waals surface area contributed by atoms with E-state index in [1.165, 1.54) is 0 Å². The van der Waals surface area contributed by atoms with Crippen LogP contribution in [0.3, 0.4) is 0 Å². The largest absolute Gasteiger partial charge is 0.368 e. The van der Waals surface area contributed by atoms with Gasteiger partial charge in [0.25, 0.3) is 0 Å². The minimum atomic E-state index is 0.707. The molecule has 3 heterocycles. The van der Waals surface area contributed by atoms with Crippen LogP contribution in [-0.2, 0) is 0 Å². The molecule has 1 aliphatic rings. The molecule has 6 nitrogen and oxygen atoms in total. The van der Waals surface area contributed by atoms with Gasteiger partial charge in [-0.1, -0.05) is 6.07 Å². The van der Waals surface area contributed by atoms with Crippen molar-refractivity contribution < 1.29 is 0 Å². The van der Waals surface area contributed by atoms with Crippen molar-refractivity contribution in [3.05, 3.63) is 52.8 Å². The van der Waals surface area contributed by atoms with Crippen molar-refractivity contribution in [1.29, 1.82) is 5.26 Å². The fourth-order valence-corrected chi connectivity index (χ4v) is 3.52. The van der Waals surface area contributed by atoms with Crippen molar-refractivity contribution in [2.75, 3.05) is 36.0 Å². The van der Waals surface area contributed by atoms with E-state index >= 15 is 0 Å². The number of anilines is 2. The summed E-state index contributed by atoms with van der Waals surface area (Å²) in [5, 5.41) is 13.8. The second-order valence-corrected chi connectivity index (χ2v) is 6.84. The third-order valence-corrected chi connectivity index (χ3v) is 5.11. The molecule has 0 amide bonds. The Kier molecular flexibility index (Phi) is 4.00. The Morgan fingerprint density at radius 1 is 1.00 bits per heavy atom. The van der Waals surface area contributed by atoms with E-state index in [-0.39, 0.29) is 0 Å². The van der Waals surface area contributed by atoms with Crippen molar-refractivity contribution in [3.8, 4) is 6.07 Å². The lowest BCUT2D eigenvalue weighted by atomic mass is 10.2. The van der Waals surface area contributed by atoms with Gasteiger partial charge in [0.05, 0.1) is 17.3 Å².